The molecule has 4 saturated carbocycles. The summed E-state index contributed by atoms with van der Waals surface area (Å²) in [7, 11) is 0. The molecule has 3 aromatic carbocycles. The van der Waals surface area contributed by atoms with Crippen molar-refractivity contribution in [2.24, 2.45) is 28.1 Å². The molecule has 5 aliphatic carbocycles. The van der Waals surface area contributed by atoms with Crippen LogP contribution in [0.25, 0.3) is 0 Å². The van der Waals surface area contributed by atoms with Gasteiger partial charge >= 0.3 is 6.09 Å². The van der Waals surface area contributed by atoms with Crippen LogP contribution in [0.1, 0.15) is 112 Å². The zero-order valence-corrected chi connectivity index (χ0v) is 32.4. The number of carbonyl (C=O) groups excluding carboxylic acids is 3. The lowest BCUT2D eigenvalue weighted by Gasteiger charge is -2.75. The molecular weight excluding hydrogens is 679 g/mol. The van der Waals surface area contributed by atoms with Gasteiger partial charge in [-0.15, -0.1) is 0 Å². The molecule has 1 saturated heterocycles. The minimum absolute atomic E-state index is 0.0341. The molecule has 2 spiro atoms. The fourth-order valence-corrected chi connectivity index (χ4v) is 11.7. The summed E-state index contributed by atoms with van der Waals surface area (Å²) in [5, 5.41) is 18.2. The molecule has 2 heterocycles. The lowest BCUT2D eigenvalue weighted by atomic mass is 9.31. The van der Waals surface area contributed by atoms with Gasteiger partial charge in [-0.3, -0.25) is 19.8 Å². The molecule has 9 heteroatoms. The number of Topliss-reactive ketones (excluding diaryl/α,β-unsaturated/α-hetero) is 1. The minimum Gasteiger partial charge on any atom is -0.485 e. The van der Waals surface area contributed by atoms with Crippen molar-refractivity contribution in [1.82, 2.24) is 4.90 Å². The summed E-state index contributed by atoms with van der Waals surface area (Å²) < 4.78 is 13.4. The van der Waals surface area contributed by atoms with E-state index in [1.165, 1.54) is 30.9 Å². The number of fused-ring (bicyclic) bond motifs is 2. The van der Waals surface area contributed by atoms with E-state index >= 15 is 0 Å². The van der Waals surface area contributed by atoms with E-state index in [1.54, 1.807) is 48.5 Å². The van der Waals surface area contributed by atoms with Gasteiger partial charge in [0.1, 0.15) is 6.10 Å². The van der Waals surface area contributed by atoms with Crippen molar-refractivity contribution in [2.75, 3.05) is 23.7 Å². The highest BCUT2D eigenvalue weighted by Gasteiger charge is 2.80. The zero-order chi connectivity index (χ0) is 38.0. The van der Waals surface area contributed by atoms with E-state index < -0.39 is 11.7 Å². The monoisotopic (exact) mass is 731 g/mol. The molecule has 4 bridgehead atoms. The second kappa shape index (κ2) is 11.9. The molecule has 3 N–H and O–H groups in total. The predicted octanol–water partition coefficient (Wildman–Crippen LogP) is 8.40. The van der Waals surface area contributed by atoms with Crippen LogP contribution in [0.5, 0.6) is 11.5 Å². The Morgan fingerprint density at radius 1 is 0.907 bits per heavy atom. The number of nitrogens with zero attached hydrogens (tertiary/aromatic N) is 1. The first-order chi connectivity index (χ1) is 25.6. The number of piperidine rings is 1. The van der Waals surface area contributed by atoms with Crippen LogP contribution < -0.4 is 20.1 Å². The van der Waals surface area contributed by atoms with Crippen LogP contribution in [-0.2, 0) is 11.8 Å². The molecule has 0 radical (unpaired) electrons. The molecule has 0 unspecified atom stereocenters. The van der Waals surface area contributed by atoms with Gasteiger partial charge in [0.15, 0.2) is 17.3 Å². The first-order valence-electron chi connectivity index (χ1n) is 19.9. The van der Waals surface area contributed by atoms with Gasteiger partial charge in [-0.2, -0.15) is 0 Å². The van der Waals surface area contributed by atoms with Gasteiger partial charge < -0.3 is 19.9 Å². The molecule has 0 aromatic heterocycles. The number of anilines is 2. The van der Waals surface area contributed by atoms with Gasteiger partial charge in [0.2, 0.25) is 0 Å². The van der Waals surface area contributed by atoms with E-state index in [2.05, 4.69) is 56.2 Å². The van der Waals surface area contributed by atoms with Crippen molar-refractivity contribution in [3.63, 3.8) is 0 Å². The van der Waals surface area contributed by atoms with Crippen LogP contribution in [0.4, 0.5) is 16.2 Å². The third-order valence-corrected chi connectivity index (χ3v) is 15.1. The Morgan fingerprint density at radius 3 is 2.22 bits per heavy atom. The summed E-state index contributed by atoms with van der Waals surface area (Å²) in [5.41, 5.74) is 2.94. The number of carbonyl (C=O) groups is 3. The summed E-state index contributed by atoms with van der Waals surface area (Å²) in [5.74, 6) is 1.65. The van der Waals surface area contributed by atoms with Gasteiger partial charge in [0, 0.05) is 56.9 Å². The van der Waals surface area contributed by atoms with Crippen LogP contribution in [0.2, 0.25) is 0 Å². The Kier molecular flexibility index (Phi) is 7.82. The zero-order valence-electron chi connectivity index (χ0n) is 32.4. The predicted molar refractivity (Wildman–Crippen MR) is 207 cm³/mol. The number of likely N-dealkylation sites (tertiary alicyclic amines) is 1. The van der Waals surface area contributed by atoms with Crippen LogP contribution in [0.15, 0.2) is 60.7 Å². The molecule has 7 aliphatic rings. The van der Waals surface area contributed by atoms with E-state index in [0.29, 0.717) is 40.0 Å². The first-order valence-corrected chi connectivity index (χ1v) is 19.9. The van der Waals surface area contributed by atoms with E-state index in [1.807, 2.05) is 6.07 Å². The van der Waals surface area contributed by atoms with Crippen LogP contribution in [0.3, 0.4) is 0 Å². The Balaban J connectivity index is 0.990. The number of rotatable bonds is 8. The van der Waals surface area contributed by atoms with E-state index in [0.717, 1.165) is 51.1 Å². The fourth-order valence-electron chi connectivity index (χ4n) is 11.7. The Morgan fingerprint density at radius 2 is 1.57 bits per heavy atom. The van der Waals surface area contributed by atoms with Crippen molar-refractivity contribution in [3.8, 4) is 11.5 Å². The van der Waals surface area contributed by atoms with Gasteiger partial charge in [-0.05, 0) is 143 Å². The number of aliphatic hydroxyl groups is 1. The minimum atomic E-state index is -0.901. The topological polar surface area (TPSA) is 117 Å². The van der Waals surface area contributed by atoms with Gasteiger partial charge in [-0.1, -0.05) is 33.8 Å². The normalized spacial score (nSPS) is 31.5. The number of hydrogen-bond acceptors (Lipinski definition) is 7. The summed E-state index contributed by atoms with van der Waals surface area (Å²) in [6.45, 7) is 14.6. The molecule has 3 aromatic rings. The lowest BCUT2D eigenvalue weighted by molar-refractivity contribution is -0.276. The quantitative estimate of drug-likeness (QED) is 0.199. The van der Waals surface area contributed by atoms with Crippen molar-refractivity contribution in [1.29, 1.82) is 0 Å². The average Bonchev–Trinajstić information content (AvgIpc) is 3.87. The second-order valence-corrected chi connectivity index (χ2v) is 18.8. The number of ketones is 1. The van der Waals surface area contributed by atoms with Gasteiger partial charge in [-0.25, -0.2) is 4.79 Å². The smallest absolute Gasteiger partial charge is 0.417 e. The van der Waals surface area contributed by atoms with Crippen molar-refractivity contribution >= 4 is 29.2 Å². The maximum atomic E-state index is 13.5. The molecule has 5 fully saturated rings. The maximum Gasteiger partial charge on any atom is 0.417 e. The molecule has 284 valence electrons. The van der Waals surface area contributed by atoms with Crippen molar-refractivity contribution in [2.45, 2.75) is 110 Å². The number of ether oxygens (including phenoxy) is 2. The summed E-state index contributed by atoms with van der Waals surface area (Å²) in [6.07, 6.45) is 6.97. The summed E-state index contributed by atoms with van der Waals surface area (Å²) >= 11 is 0. The molecule has 9 nitrogen and oxygen atoms in total. The largest absolute Gasteiger partial charge is 0.485 e. The van der Waals surface area contributed by atoms with Crippen LogP contribution >= 0.6 is 0 Å². The van der Waals surface area contributed by atoms with E-state index in [4.69, 9.17) is 9.47 Å². The second-order valence-electron chi connectivity index (χ2n) is 18.8. The molecule has 54 heavy (non-hydrogen) atoms. The summed E-state index contributed by atoms with van der Waals surface area (Å²) in [6, 6.07) is 17.8. The number of hydrogen-bond donors (Lipinski definition) is 3. The Bertz CT molecular complexity index is 2050. The number of nitrogens with one attached hydrogen (secondary N) is 2. The fraction of sp³-hybridized carbons (Fsp3) is 0.533. The van der Waals surface area contributed by atoms with Crippen LogP contribution in [0, 0.1) is 28.1 Å². The van der Waals surface area contributed by atoms with Crippen molar-refractivity contribution < 1.29 is 29.0 Å². The van der Waals surface area contributed by atoms with Gasteiger partial charge in [0.25, 0.3) is 5.91 Å². The average molecular weight is 732 g/mol. The van der Waals surface area contributed by atoms with Gasteiger partial charge in [0.05, 0.1) is 5.60 Å². The third-order valence-electron chi connectivity index (χ3n) is 15.1. The third kappa shape index (κ3) is 5.06. The highest BCUT2D eigenvalue weighted by atomic mass is 16.6. The van der Waals surface area contributed by atoms with E-state index in [9.17, 15) is 19.5 Å². The molecule has 10 rings (SSSR count). The summed E-state index contributed by atoms with van der Waals surface area (Å²) in [4.78, 5) is 40.8. The SMILES string of the molecule is CC(=O)c1ccc(NC(=O)c2ccc(NC(=O)Oc3ccc4c5c3O[C@H]3[C@]6(C)CC[C@@]7(C[C@@H]6[C@@](C)(O)C(C)(C)C)[C@@H](C4)N(CC4CC4)CC[C@]537)cc2)cc1. The lowest BCUT2D eigenvalue weighted by Crippen LogP contribution is -2.80. The van der Waals surface area contributed by atoms with E-state index in [-0.39, 0.29) is 45.4 Å². The van der Waals surface area contributed by atoms with Crippen LogP contribution in [-0.4, -0.2) is 58.6 Å². The Hall–Kier alpha value is -4.21. The molecular formula is C45H53N3O6. The maximum absolute atomic E-state index is 13.5. The molecule has 2 aliphatic heterocycles. The number of benzene rings is 3. The Labute approximate surface area is 318 Å². The highest BCUT2D eigenvalue weighted by Crippen LogP contribution is 2.79. The molecule has 2 amide bonds. The van der Waals surface area contributed by atoms with Crippen molar-refractivity contribution in [3.05, 3.63) is 82.9 Å². The molecule has 7 atom stereocenters. The first kappa shape index (κ1) is 35.5. The highest BCUT2D eigenvalue weighted by molar-refractivity contribution is 6.05. The number of amides is 2. The standard InChI is InChI=1S/C45H53N3O6/c1-26(49)28-9-14-31(15-10-28)46-38(50)29-11-16-32(17-12-29)47-40(51)53-33-18-13-30-23-35-44-20-19-42(5,34(24-44)43(6,52)41(2,3)4)39-45(44,36(30)37(33)54-39)21-22-48(35)25-27-7-8-27/h9-18,27,34-35,39,52H,7-8,19-25H2,1-6H3,(H,46,50)(H,47,51)/t34-,35+,39-,42+,43+,44+,45-/m0/s1.